The van der Waals surface area contributed by atoms with Gasteiger partial charge in [0.25, 0.3) is 5.92 Å². The van der Waals surface area contributed by atoms with Crippen LogP contribution in [-0.2, 0) is 11.2 Å². The van der Waals surface area contributed by atoms with Gasteiger partial charge in [0.05, 0.1) is 10.9 Å². The van der Waals surface area contributed by atoms with Crippen LogP contribution in [0.1, 0.15) is 27.4 Å². The lowest BCUT2D eigenvalue weighted by molar-refractivity contribution is -0.119. The Morgan fingerprint density at radius 1 is 0.971 bits per heavy atom. The highest BCUT2D eigenvalue weighted by Crippen LogP contribution is 2.62. The molecule has 1 amide bonds. The highest BCUT2D eigenvalue weighted by atomic mass is 35.5. The fourth-order valence-electron chi connectivity index (χ4n) is 3.88. The lowest BCUT2D eigenvalue weighted by Crippen LogP contribution is -2.18. The Morgan fingerprint density at radius 2 is 1.63 bits per heavy atom. The molecule has 0 radical (unpaired) electrons. The molecule has 3 aromatic rings. The summed E-state index contributed by atoms with van der Waals surface area (Å²) in [6, 6.07) is 9.85. The highest BCUT2D eigenvalue weighted by Gasteiger charge is 2.72. The maximum Gasteiger partial charge on any atom is 0.268 e. The molecule has 3 aromatic carbocycles. The number of hydrogen-bond acceptors (Lipinski definition) is 3. The molecule has 0 bridgehead atoms. The molecule has 2 unspecified atom stereocenters. The summed E-state index contributed by atoms with van der Waals surface area (Å²) in [5.41, 5.74) is 4.52. The Bertz CT molecular complexity index is 1350. The molecule has 1 saturated carbocycles. The molecule has 3 N–H and O–H groups in total. The van der Waals surface area contributed by atoms with Crippen LogP contribution >= 0.6 is 34.8 Å². The van der Waals surface area contributed by atoms with E-state index >= 15 is 0 Å². The Hall–Kier alpha value is -2.81. The molecule has 4 rings (SSSR count). The number of rotatable bonds is 6. The number of anilines is 2. The van der Waals surface area contributed by atoms with Crippen molar-refractivity contribution in [3.63, 3.8) is 0 Å². The second-order valence-corrected chi connectivity index (χ2v) is 9.33. The van der Waals surface area contributed by atoms with Crippen LogP contribution in [0, 0.1) is 17.6 Å². The van der Waals surface area contributed by atoms with Gasteiger partial charge in [-0.05, 0) is 53.6 Å². The second kappa shape index (κ2) is 9.33. The van der Waals surface area contributed by atoms with Crippen LogP contribution in [0.15, 0.2) is 48.5 Å². The summed E-state index contributed by atoms with van der Waals surface area (Å²) in [4.78, 5) is 25.4. The van der Waals surface area contributed by atoms with E-state index in [0.717, 1.165) is 12.1 Å². The number of nitrogen functional groups attached to an aromatic ring is 1. The number of nitrogens with two attached hydrogens (primary N) is 1. The first-order valence-corrected chi connectivity index (χ1v) is 11.2. The van der Waals surface area contributed by atoms with Gasteiger partial charge in [-0.15, -0.1) is 0 Å². The van der Waals surface area contributed by atoms with E-state index in [0.29, 0.717) is 0 Å². The molecule has 0 spiro atoms. The molecule has 0 saturated heterocycles. The molecule has 0 heterocycles. The number of alkyl halides is 2. The van der Waals surface area contributed by atoms with Crippen molar-refractivity contribution in [2.45, 2.75) is 18.3 Å². The van der Waals surface area contributed by atoms with Crippen LogP contribution in [0.25, 0.3) is 0 Å². The standard InChI is InChI=1S/C24H15Cl3F4N2O2/c25-12-5-11(6-13(26)8-12)19-20(24(19,30)31)23(35)33-14-2-3-16(27)15(9-14)18(34)7-10-1-4-17(28)22(32)21(10)29/h1-6,8-9,19-20H,7,32H2,(H,33,35). The van der Waals surface area contributed by atoms with E-state index in [1.807, 2.05) is 0 Å². The molecule has 11 heteroatoms. The van der Waals surface area contributed by atoms with Gasteiger partial charge in [-0.25, -0.2) is 17.6 Å². The van der Waals surface area contributed by atoms with Gasteiger partial charge in [-0.3, -0.25) is 9.59 Å². The van der Waals surface area contributed by atoms with Crippen molar-refractivity contribution in [2.24, 2.45) is 5.92 Å². The predicted octanol–water partition coefficient (Wildman–Crippen LogP) is 6.92. The first-order chi connectivity index (χ1) is 16.4. The third-order valence-electron chi connectivity index (χ3n) is 5.67. The first kappa shape index (κ1) is 25.3. The van der Waals surface area contributed by atoms with E-state index in [1.165, 1.54) is 36.4 Å². The van der Waals surface area contributed by atoms with Crippen LogP contribution in [0.2, 0.25) is 15.1 Å². The number of hydrogen-bond donors (Lipinski definition) is 2. The molecule has 0 aliphatic heterocycles. The molecular formula is C24H15Cl3F4N2O2. The summed E-state index contributed by atoms with van der Waals surface area (Å²) < 4.78 is 56.5. The lowest BCUT2D eigenvalue weighted by atomic mass is 10.0. The number of ketones is 1. The molecule has 1 fully saturated rings. The van der Waals surface area contributed by atoms with E-state index in [4.69, 9.17) is 40.5 Å². The Kier molecular flexibility index (Phi) is 6.74. The number of benzene rings is 3. The van der Waals surface area contributed by atoms with Gasteiger partial charge in [0.1, 0.15) is 17.4 Å². The van der Waals surface area contributed by atoms with Crippen LogP contribution in [0.4, 0.5) is 28.9 Å². The van der Waals surface area contributed by atoms with Crippen LogP contribution < -0.4 is 11.1 Å². The Labute approximate surface area is 212 Å². The molecule has 0 aromatic heterocycles. The second-order valence-electron chi connectivity index (χ2n) is 8.05. The monoisotopic (exact) mass is 544 g/mol. The Balaban J connectivity index is 1.52. The van der Waals surface area contributed by atoms with Gasteiger partial charge >= 0.3 is 0 Å². The van der Waals surface area contributed by atoms with Crippen molar-refractivity contribution in [3.8, 4) is 0 Å². The third-order valence-corrected chi connectivity index (χ3v) is 6.44. The average molecular weight is 546 g/mol. The van der Waals surface area contributed by atoms with Crippen molar-refractivity contribution in [2.75, 3.05) is 11.1 Å². The van der Waals surface area contributed by atoms with Crippen LogP contribution in [-0.4, -0.2) is 17.6 Å². The first-order valence-electron chi connectivity index (χ1n) is 10.1. The number of halogens is 7. The maximum absolute atomic E-state index is 14.5. The summed E-state index contributed by atoms with van der Waals surface area (Å²) in [6.07, 6.45) is -0.494. The van der Waals surface area contributed by atoms with Gasteiger partial charge in [-0.2, -0.15) is 0 Å². The number of amides is 1. The molecule has 1 aliphatic carbocycles. The molecule has 2 atom stereocenters. The third kappa shape index (κ3) is 4.96. The normalized spacial score (nSPS) is 18.3. The number of nitrogens with one attached hydrogen (secondary N) is 1. The summed E-state index contributed by atoms with van der Waals surface area (Å²) in [5.74, 6) is -10.1. The quantitative estimate of drug-likeness (QED) is 0.201. The van der Waals surface area contributed by atoms with Gasteiger partial charge in [-0.1, -0.05) is 40.9 Å². The van der Waals surface area contributed by atoms with E-state index in [9.17, 15) is 27.2 Å². The maximum atomic E-state index is 14.5. The van der Waals surface area contributed by atoms with Crippen molar-refractivity contribution >= 4 is 57.9 Å². The number of carbonyl (C=O) groups is 2. The zero-order valence-electron chi connectivity index (χ0n) is 17.5. The number of carbonyl (C=O) groups excluding carboxylic acids is 2. The zero-order valence-corrected chi connectivity index (χ0v) is 19.8. The smallest absolute Gasteiger partial charge is 0.268 e. The average Bonchev–Trinajstić information content (AvgIpc) is 3.36. The van der Waals surface area contributed by atoms with Gasteiger partial charge in [0, 0.05) is 27.7 Å². The summed E-state index contributed by atoms with van der Waals surface area (Å²) in [6.45, 7) is 0. The lowest BCUT2D eigenvalue weighted by Gasteiger charge is -2.10. The van der Waals surface area contributed by atoms with Crippen molar-refractivity contribution in [1.29, 1.82) is 0 Å². The van der Waals surface area contributed by atoms with Crippen LogP contribution in [0.5, 0.6) is 0 Å². The molecule has 182 valence electrons. The minimum Gasteiger partial charge on any atom is -0.394 e. The minimum atomic E-state index is -3.33. The largest absolute Gasteiger partial charge is 0.394 e. The predicted molar refractivity (Wildman–Crippen MR) is 127 cm³/mol. The van der Waals surface area contributed by atoms with Crippen molar-refractivity contribution in [1.82, 2.24) is 0 Å². The highest BCUT2D eigenvalue weighted by molar-refractivity contribution is 6.35. The van der Waals surface area contributed by atoms with E-state index in [-0.39, 0.29) is 37.4 Å². The Morgan fingerprint density at radius 3 is 2.29 bits per heavy atom. The molecule has 35 heavy (non-hydrogen) atoms. The fraction of sp³-hybridized carbons (Fsp3) is 0.167. The fourth-order valence-corrected chi connectivity index (χ4v) is 4.64. The summed E-state index contributed by atoms with van der Waals surface area (Å²) >= 11 is 17.9. The summed E-state index contributed by atoms with van der Waals surface area (Å²) in [7, 11) is 0. The summed E-state index contributed by atoms with van der Waals surface area (Å²) in [5, 5.41) is 2.68. The van der Waals surface area contributed by atoms with Gasteiger partial charge in [0.2, 0.25) is 5.91 Å². The van der Waals surface area contributed by atoms with E-state index in [1.54, 1.807) is 0 Å². The van der Waals surface area contributed by atoms with Crippen molar-refractivity contribution in [3.05, 3.63) is 91.9 Å². The molecule has 4 nitrogen and oxygen atoms in total. The van der Waals surface area contributed by atoms with E-state index in [2.05, 4.69) is 5.32 Å². The van der Waals surface area contributed by atoms with Gasteiger partial charge < -0.3 is 11.1 Å². The molecular weight excluding hydrogens is 531 g/mol. The van der Waals surface area contributed by atoms with Gasteiger partial charge in [0.15, 0.2) is 11.6 Å². The SMILES string of the molecule is Nc1c(F)ccc(CC(=O)c2cc(NC(=O)C3C(c4cc(Cl)cc(Cl)c4)C3(F)F)ccc2Cl)c1F. The number of Topliss-reactive ketones (excluding diaryl/α,β-unsaturated/α-hetero) is 1. The topological polar surface area (TPSA) is 72.2 Å². The zero-order chi connectivity index (χ0) is 25.7. The van der Waals surface area contributed by atoms with Crippen LogP contribution in [0.3, 0.4) is 0 Å². The minimum absolute atomic E-state index is 0.00770. The van der Waals surface area contributed by atoms with E-state index < -0.39 is 53.2 Å². The van der Waals surface area contributed by atoms with Crippen molar-refractivity contribution < 1.29 is 27.2 Å². The molecule has 1 aliphatic rings.